The number of esters is 1. The lowest BCUT2D eigenvalue weighted by molar-refractivity contribution is 0.0527. The van der Waals surface area contributed by atoms with E-state index in [1.54, 1.807) is 13.0 Å². The van der Waals surface area contributed by atoms with E-state index in [1.165, 1.54) is 18.3 Å². The smallest absolute Gasteiger partial charge is 0.341 e. The van der Waals surface area contributed by atoms with E-state index in [2.05, 4.69) is 20.5 Å². The van der Waals surface area contributed by atoms with E-state index in [-0.39, 0.29) is 18.7 Å². The molecule has 0 radical (unpaired) electrons. The second-order valence-corrected chi connectivity index (χ2v) is 7.74. The van der Waals surface area contributed by atoms with Gasteiger partial charge in [-0.2, -0.15) is 0 Å². The van der Waals surface area contributed by atoms with Crippen LogP contribution in [0.4, 0.5) is 31.7 Å². The molecule has 1 aliphatic rings. The highest BCUT2D eigenvalue weighted by molar-refractivity contribution is 5.96. The van der Waals surface area contributed by atoms with Crippen LogP contribution in [0.25, 0.3) is 0 Å². The number of benzene rings is 2. The van der Waals surface area contributed by atoms with Crippen molar-refractivity contribution in [1.29, 1.82) is 0 Å². The number of carbonyl (C=O) groups is 1. The van der Waals surface area contributed by atoms with E-state index in [0.29, 0.717) is 17.1 Å². The Morgan fingerprint density at radius 2 is 1.79 bits per heavy atom. The number of carbonyl (C=O) groups excluding carboxylic acids is 1. The monoisotopic (exact) mass is 468 g/mol. The normalized spacial score (nSPS) is 13.4. The molecule has 4 rings (SSSR count). The van der Waals surface area contributed by atoms with Crippen LogP contribution in [0.5, 0.6) is 0 Å². The van der Waals surface area contributed by atoms with Gasteiger partial charge in [-0.1, -0.05) is 0 Å². The van der Waals surface area contributed by atoms with Crippen LogP contribution in [-0.4, -0.2) is 43.9 Å². The zero-order chi connectivity index (χ0) is 23.9. The van der Waals surface area contributed by atoms with Crippen molar-refractivity contribution in [3.63, 3.8) is 0 Å². The van der Waals surface area contributed by atoms with Gasteiger partial charge >= 0.3 is 5.97 Å². The maximum Gasteiger partial charge on any atom is 0.341 e. The fraction of sp³-hybridized carbons (Fsp3) is 0.280. The summed E-state index contributed by atoms with van der Waals surface area (Å²) in [5, 5.41) is 6.29. The van der Waals surface area contributed by atoms with Gasteiger partial charge in [0.05, 0.1) is 25.5 Å². The number of halogens is 2. The van der Waals surface area contributed by atoms with Gasteiger partial charge in [0, 0.05) is 49.3 Å². The van der Waals surface area contributed by atoms with Crippen LogP contribution in [0, 0.1) is 11.6 Å². The van der Waals surface area contributed by atoms with Crippen LogP contribution in [0.15, 0.2) is 54.7 Å². The Morgan fingerprint density at radius 3 is 2.47 bits per heavy atom. The predicted molar refractivity (Wildman–Crippen MR) is 127 cm³/mol. The number of aromatic nitrogens is 1. The van der Waals surface area contributed by atoms with Crippen LogP contribution >= 0.6 is 0 Å². The van der Waals surface area contributed by atoms with Gasteiger partial charge in [-0.15, -0.1) is 0 Å². The van der Waals surface area contributed by atoms with E-state index in [4.69, 9.17) is 9.47 Å². The summed E-state index contributed by atoms with van der Waals surface area (Å²) in [5.41, 5.74) is 3.01. The van der Waals surface area contributed by atoms with Gasteiger partial charge < -0.3 is 25.0 Å². The summed E-state index contributed by atoms with van der Waals surface area (Å²) in [7, 11) is 0. The molecule has 0 spiro atoms. The molecular weight excluding hydrogens is 442 g/mol. The van der Waals surface area contributed by atoms with Crippen LogP contribution in [0.3, 0.4) is 0 Å². The summed E-state index contributed by atoms with van der Waals surface area (Å²) in [6, 6.07) is 12.9. The number of hydrogen-bond donors (Lipinski definition) is 2. The van der Waals surface area contributed by atoms with Crippen LogP contribution < -0.4 is 15.5 Å². The topological polar surface area (TPSA) is 75.7 Å². The molecule has 1 aromatic heterocycles. The highest BCUT2D eigenvalue weighted by Crippen LogP contribution is 2.25. The molecule has 1 fully saturated rings. The van der Waals surface area contributed by atoms with Crippen molar-refractivity contribution in [2.24, 2.45) is 0 Å². The van der Waals surface area contributed by atoms with Crippen LogP contribution in [0.2, 0.25) is 0 Å². The van der Waals surface area contributed by atoms with E-state index in [1.807, 2.05) is 24.3 Å². The third kappa shape index (κ3) is 5.99. The summed E-state index contributed by atoms with van der Waals surface area (Å²) in [4.78, 5) is 19.0. The number of pyridine rings is 1. The average molecular weight is 469 g/mol. The van der Waals surface area contributed by atoms with Crippen molar-refractivity contribution in [3.05, 3.63) is 77.5 Å². The molecule has 34 heavy (non-hydrogen) atoms. The van der Waals surface area contributed by atoms with Crippen molar-refractivity contribution < 1.29 is 23.0 Å². The maximum atomic E-state index is 13.5. The maximum absolute atomic E-state index is 13.5. The Hall–Kier alpha value is -3.72. The highest BCUT2D eigenvalue weighted by atomic mass is 19.1. The van der Waals surface area contributed by atoms with Gasteiger partial charge in [0.1, 0.15) is 23.0 Å². The second-order valence-electron chi connectivity index (χ2n) is 7.74. The number of ether oxygens (including phenoxy) is 2. The fourth-order valence-corrected chi connectivity index (χ4v) is 3.68. The van der Waals surface area contributed by atoms with Gasteiger partial charge in [-0.25, -0.2) is 18.6 Å². The van der Waals surface area contributed by atoms with E-state index < -0.39 is 17.6 Å². The fourth-order valence-electron chi connectivity index (χ4n) is 3.68. The first-order valence-electron chi connectivity index (χ1n) is 11.1. The molecule has 0 bridgehead atoms. The van der Waals surface area contributed by atoms with Crippen molar-refractivity contribution >= 4 is 28.8 Å². The lowest BCUT2D eigenvalue weighted by Crippen LogP contribution is -2.36. The van der Waals surface area contributed by atoms with Crippen LogP contribution in [0.1, 0.15) is 22.8 Å². The van der Waals surface area contributed by atoms with Gasteiger partial charge in [0.2, 0.25) is 0 Å². The first-order chi connectivity index (χ1) is 16.5. The number of anilines is 4. The number of morpholine rings is 1. The van der Waals surface area contributed by atoms with Crippen LogP contribution in [-0.2, 0) is 16.0 Å². The summed E-state index contributed by atoms with van der Waals surface area (Å²) in [6.45, 7) is 5.18. The molecule has 0 saturated carbocycles. The summed E-state index contributed by atoms with van der Waals surface area (Å²) in [5.74, 6) is -1.37. The summed E-state index contributed by atoms with van der Waals surface area (Å²) >= 11 is 0. The molecule has 1 aliphatic heterocycles. The number of nitrogens with one attached hydrogen (secondary N) is 2. The molecule has 2 N–H and O–H groups in total. The second kappa shape index (κ2) is 10.9. The number of rotatable bonds is 8. The Balaban J connectivity index is 1.51. The molecule has 9 heteroatoms. The van der Waals surface area contributed by atoms with Crippen molar-refractivity contribution in [2.75, 3.05) is 48.4 Å². The number of hydrogen-bond acceptors (Lipinski definition) is 7. The molecule has 178 valence electrons. The zero-order valence-electron chi connectivity index (χ0n) is 18.8. The Bertz CT molecular complexity index is 1120. The quantitative estimate of drug-likeness (QED) is 0.463. The molecule has 0 atom stereocenters. The molecule has 2 aromatic carbocycles. The minimum absolute atomic E-state index is 0.110. The van der Waals surface area contributed by atoms with Crippen molar-refractivity contribution in [1.82, 2.24) is 4.98 Å². The third-order valence-corrected chi connectivity index (χ3v) is 5.32. The van der Waals surface area contributed by atoms with E-state index >= 15 is 0 Å². The lowest BCUT2D eigenvalue weighted by Gasteiger charge is -2.28. The first kappa shape index (κ1) is 23.4. The standard InChI is InChI=1S/C25H26F2N4O3/c1-2-34-25(32)22-16-29-24(14-23(22)28-15-17-11-18(26)13-19(27)12-17)30-20-3-5-21(6-4-20)31-7-9-33-10-8-31/h3-6,11-14,16H,2,7-10,15H2,1H3,(H2,28,29,30). The average Bonchev–Trinajstić information content (AvgIpc) is 2.83. The molecule has 7 nitrogen and oxygen atoms in total. The molecule has 0 amide bonds. The molecular formula is C25H26F2N4O3. The largest absolute Gasteiger partial charge is 0.462 e. The minimum Gasteiger partial charge on any atom is -0.462 e. The van der Waals surface area contributed by atoms with Gasteiger partial charge in [-0.05, 0) is 48.9 Å². The predicted octanol–water partition coefficient (Wildman–Crippen LogP) is 4.73. The van der Waals surface area contributed by atoms with Gasteiger partial charge in [0.25, 0.3) is 0 Å². The molecule has 2 heterocycles. The Morgan fingerprint density at radius 1 is 1.09 bits per heavy atom. The lowest BCUT2D eigenvalue weighted by atomic mass is 10.2. The number of nitrogens with zero attached hydrogens (tertiary/aromatic N) is 2. The molecule has 0 aliphatic carbocycles. The molecule has 1 saturated heterocycles. The molecule has 0 unspecified atom stereocenters. The zero-order valence-corrected chi connectivity index (χ0v) is 18.8. The van der Waals surface area contributed by atoms with Gasteiger partial charge in [0.15, 0.2) is 0 Å². The first-order valence-corrected chi connectivity index (χ1v) is 11.1. The third-order valence-electron chi connectivity index (χ3n) is 5.32. The van der Waals surface area contributed by atoms with Gasteiger partial charge in [-0.3, -0.25) is 0 Å². The highest BCUT2D eigenvalue weighted by Gasteiger charge is 2.15. The van der Waals surface area contributed by atoms with Crippen molar-refractivity contribution in [2.45, 2.75) is 13.5 Å². The minimum atomic E-state index is -0.667. The Labute approximate surface area is 196 Å². The Kier molecular flexibility index (Phi) is 7.54. The SMILES string of the molecule is CCOC(=O)c1cnc(Nc2ccc(N3CCOCC3)cc2)cc1NCc1cc(F)cc(F)c1. The van der Waals surface area contributed by atoms with Crippen molar-refractivity contribution in [3.8, 4) is 0 Å². The molecule has 3 aromatic rings. The summed E-state index contributed by atoms with van der Waals surface area (Å²) < 4.78 is 37.6. The van der Waals surface area contributed by atoms with E-state index in [9.17, 15) is 13.6 Å². The summed E-state index contributed by atoms with van der Waals surface area (Å²) in [6.07, 6.45) is 1.41. The van der Waals surface area contributed by atoms with E-state index in [0.717, 1.165) is 43.7 Å².